The van der Waals surface area contributed by atoms with E-state index in [1.807, 2.05) is 0 Å². The maximum absolute atomic E-state index is 12.4. The van der Waals surface area contributed by atoms with Crippen LogP contribution in [-0.2, 0) is 11.8 Å². The maximum Gasteiger partial charge on any atom is 0.416 e. The molecule has 0 aliphatic carbocycles. The zero-order valence-corrected chi connectivity index (χ0v) is 9.59. The maximum atomic E-state index is 12.4. The van der Waals surface area contributed by atoms with E-state index in [4.69, 9.17) is 5.73 Å². The predicted molar refractivity (Wildman–Crippen MR) is 59.3 cm³/mol. The normalized spacial score (nSPS) is 15.6. The lowest BCUT2D eigenvalue weighted by Gasteiger charge is -2.27. The topological polar surface area (TPSA) is 46.2 Å². The van der Waals surface area contributed by atoms with E-state index in [0.717, 1.165) is 12.1 Å². The smallest absolute Gasteiger partial charge is 0.385 e. The molecule has 0 aromatic heterocycles. The van der Waals surface area contributed by atoms with Gasteiger partial charge in [0.05, 0.1) is 11.2 Å². The highest BCUT2D eigenvalue weighted by Gasteiger charge is 2.32. The minimum atomic E-state index is -4.35. The van der Waals surface area contributed by atoms with E-state index in [0.29, 0.717) is 18.4 Å². The van der Waals surface area contributed by atoms with Crippen molar-refractivity contribution in [3.05, 3.63) is 35.4 Å². The predicted octanol–water partition coefficient (Wildman–Crippen LogP) is 2.65. The van der Waals surface area contributed by atoms with E-state index >= 15 is 0 Å². The number of hydrogen-bond donors (Lipinski definition) is 2. The molecule has 0 saturated carbocycles. The van der Waals surface area contributed by atoms with Crippen LogP contribution in [0.4, 0.5) is 13.2 Å². The molecule has 1 aromatic carbocycles. The van der Waals surface area contributed by atoms with Crippen molar-refractivity contribution in [2.45, 2.75) is 31.5 Å². The van der Waals surface area contributed by atoms with Crippen LogP contribution in [0.1, 0.15) is 30.9 Å². The second-order valence-corrected chi connectivity index (χ2v) is 4.00. The Kier molecular flexibility index (Phi) is 4.16. The molecule has 1 aromatic rings. The van der Waals surface area contributed by atoms with Gasteiger partial charge < -0.3 is 10.8 Å². The Labute approximate surface area is 98.3 Å². The number of halogens is 3. The third-order valence-corrected chi connectivity index (χ3v) is 2.89. The first kappa shape index (κ1) is 14.0. The van der Waals surface area contributed by atoms with Crippen LogP contribution in [-0.4, -0.2) is 11.7 Å². The Balaban J connectivity index is 3.01. The van der Waals surface area contributed by atoms with Crippen LogP contribution < -0.4 is 5.73 Å². The van der Waals surface area contributed by atoms with Crippen LogP contribution in [0.2, 0.25) is 0 Å². The average molecular weight is 247 g/mol. The summed E-state index contributed by atoms with van der Waals surface area (Å²) in [7, 11) is 0. The van der Waals surface area contributed by atoms with Gasteiger partial charge in [0.2, 0.25) is 0 Å². The molecule has 0 radical (unpaired) electrons. The first-order valence-electron chi connectivity index (χ1n) is 5.43. The van der Waals surface area contributed by atoms with Crippen LogP contribution in [0.3, 0.4) is 0 Å². The summed E-state index contributed by atoms with van der Waals surface area (Å²) in [5.74, 6) is 0. The quantitative estimate of drug-likeness (QED) is 0.859. The summed E-state index contributed by atoms with van der Waals surface area (Å²) in [6.07, 6.45) is -3.61. The first-order chi connectivity index (χ1) is 7.83. The second-order valence-electron chi connectivity index (χ2n) is 4.00. The van der Waals surface area contributed by atoms with Gasteiger partial charge in [0, 0.05) is 0 Å². The van der Waals surface area contributed by atoms with E-state index < -0.39 is 17.3 Å². The van der Waals surface area contributed by atoms with Crippen molar-refractivity contribution in [1.29, 1.82) is 0 Å². The van der Waals surface area contributed by atoms with Crippen LogP contribution in [0.5, 0.6) is 0 Å². The first-order valence-corrected chi connectivity index (χ1v) is 5.43. The van der Waals surface area contributed by atoms with Gasteiger partial charge in [0.25, 0.3) is 0 Å². The Morgan fingerprint density at radius 1 is 1.12 bits per heavy atom. The van der Waals surface area contributed by atoms with Crippen LogP contribution >= 0.6 is 0 Å². The molecule has 1 unspecified atom stereocenters. The number of hydrogen-bond acceptors (Lipinski definition) is 2. The molecule has 0 aliphatic heterocycles. The van der Waals surface area contributed by atoms with E-state index in [1.54, 1.807) is 6.92 Å². The summed E-state index contributed by atoms with van der Waals surface area (Å²) in [6.45, 7) is 2.05. The van der Waals surface area contributed by atoms with Gasteiger partial charge in [-0.05, 0) is 37.1 Å². The van der Waals surface area contributed by atoms with Gasteiger partial charge in [-0.1, -0.05) is 19.1 Å². The zero-order chi connectivity index (χ0) is 13.1. The molecule has 0 fully saturated rings. The van der Waals surface area contributed by atoms with Gasteiger partial charge in [0.15, 0.2) is 0 Å². The molecule has 1 atom stereocenters. The van der Waals surface area contributed by atoms with Crippen molar-refractivity contribution in [3.8, 4) is 0 Å². The highest BCUT2D eigenvalue weighted by atomic mass is 19.4. The number of benzene rings is 1. The van der Waals surface area contributed by atoms with Crippen molar-refractivity contribution in [2.24, 2.45) is 5.73 Å². The number of alkyl halides is 3. The number of rotatable bonds is 4. The molecule has 3 N–H and O–H groups in total. The molecule has 5 heteroatoms. The van der Waals surface area contributed by atoms with Crippen molar-refractivity contribution >= 4 is 0 Å². The third kappa shape index (κ3) is 3.20. The summed E-state index contributed by atoms with van der Waals surface area (Å²) in [5.41, 5.74) is 4.00. The van der Waals surface area contributed by atoms with Gasteiger partial charge in [-0.3, -0.25) is 0 Å². The van der Waals surface area contributed by atoms with Gasteiger partial charge >= 0.3 is 6.18 Å². The third-order valence-electron chi connectivity index (χ3n) is 2.89. The average Bonchev–Trinajstić information content (AvgIpc) is 2.28. The monoisotopic (exact) mass is 247 g/mol. The molecular formula is C12H16F3NO. The van der Waals surface area contributed by atoms with Crippen LogP contribution in [0, 0.1) is 0 Å². The summed E-state index contributed by atoms with van der Waals surface area (Å²) in [6, 6.07) is 4.57. The molecule has 0 bridgehead atoms. The molecule has 17 heavy (non-hydrogen) atoms. The largest absolute Gasteiger partial charge is 0.416 e. The molecule has 0 amide bonds. The Hall–Kier alpha value is -1.07. The van der Waals surface area contributed by atoms with Crippen molar-refractivity contribution < 1.29 is 18.3 Å². The van der Waals surface area contributed by atoms with E-state index in [-0.39, 0.29) is 6.54 Å². The summed E-state index contributed by atoms with van der Waals surface area (Å²) in [5, 5.41) is 10.2. The van der Waals surface area contributed by atoms with Gasteiger partial charge in [-0.2, -0.15) is 13.2 Å². The molecule has 0 saturated heterocycles. The van der Waals surface area contributed by atoms with E-state index in [1.165, 1.54) is 12.1 Å². The molecule has 2 nitrogen and oxygen atoms in total. The minimum absolute atomic E-state index is 0.283. The Morgan fingerprint density at radius 3 is 1.94 bits per heavy atom. The van der Waals surface area contributed by atoms with Gasteiger partial charge in [0.1, 0.15) is 0 Å². The summed E-state index contributed by atoms with van der Waals surface area (Å²) < 4.78 is 37.1. The lowest BCUT2D eigenvalue weighted by atomic mass is 9.87. The zero-order valence-electron chi connectivity index (χ0n) is 9.59. The molecule has 96 valence electrons. The van der Waals surface area contributed by atoms with Gasteiger partial charge in [-0.15, -0.1) is 0 Å². The van der Waals surface area contributed by atoms with Crippen molar-refractivity contribution in [2.75, 3.05) is 6.54 Å². The second kappa shape index (κ2) is 5.06. The number of nitrogens with two attached hydrogens (primary N) is 1. The van der Waals surface area contributed by atoms with Crippen molar-refractivity contribution in [1.82, 2.24) is 0 Å². The fourth-order valence-electron chi connectivity index (χ4n) is 1.73. The fourth-order valence-corrected chi connectivity index (χ4v) is 1.73. The lowest BCUT2D eigenvalue weighted by Crippen LogP contribution is -2.28. The Morgan fingerprint density at radius 2 is 1.59 bits per heavy atom. The fraction of sp³-hybridized carbons (Fsp3) is 0.500. The van der Waals surface area contributed by atoms with Gasteiger partial charge in [-0.25, -0.2) is 0 Å². The standard InChI is InChI=1S/C12H16F3NO/c1-2-11(17,7-8-16)9-3-5-10(6-4-9)12(13,14)15/h3-6,17H,2,7-8,16H2,1H3. The molecular weight excluding hydrogens is 231 g/mol. The molecule has 1 rings (SSSR count). The SMILES string of the molecule is CCC(O)(CCN)c1ccc(C(F)(F)F)cc1. The minimum Gasteiger partial charge on any atom is -0.385 e. The molecule has 0 spiro atoms. The lowest BCUT2D eigenvalue weighted by molar-refractivity contribution is -0.137. The van der Waals surface area contributed by atoms with E-state index in [9.17, 15) is 18.3 Å². The van der Waals surface area contributed by atoms with Crippen LogP contribution in [0.25, 0.3) is 0 Å². The summed E-state index contributed by atoms with van der Waals surface area (Å²) >= 11 is 0. The van der Waals surface area contributed by atoms with E-state index in [2.05, 4.69) is 0 Å². The number of aliphatic hydroxyl groups is 1. The highest BCUT2D eigenvalue weighted by Crippen LogP contribution is 2.33. The summed E-state index contributed by atoms with van der Waals surface area (Å²) in [4.78, 5) is 0. The Bertz CT molecular complexity index is 361. The van der Waals surface area contributed by atoms with Crippen molar-refractivity contribution in [3.63, 3.8) is 0 Å². The highest BCUT2D eigenvalue weighted by molar-refractivity contribution is 5.28. The van der Waals surface area contributed by atoms with Crippen LogP contribution in [0.15, 0.2) is 24.3 Å². The molecule has 0 aliphatic rings. The molecule has 0 heterocycles.